The molecule has 0 saturated carbocycles. The van der Waals surface area contributed by atoms with Gasteiger partial charge in [0.05, 0.1) is 13.2 Å². The van der Waals surface area contributed by atoms with Gasteiger partial charge in [-0.3, -0.25) is 14.8 Å². The molecule has 1 N–H and O–H groups in total. The first-order valence-corrected chi connectivity index (χ1v) is 10.5. The van der Waals surface area contributed by atoms with Crippen molar-refractivity contribution in [3.63, 3.8) is 0 Å². The number of morpholine rings is 1. The number of aliphatic imine (C=N–C) groups is 1. The molecule has 2 aliphatic rings. The molecule has 2 heterocycles. The Bertz CT molecular complexity index is 412. The highest BCUT2D eigenvalue weighted by Crippen LogP contribution is 2.18. The highest BCUT2D eigenvalue weighted by atomic mass is 16.5. The molecule has 0 amide bonds. The molecule has 6 nitrogen and oxygen atoms in total. The minimum atomic E-state index is 0.605. The summed E-state index contributed by atoms with van der Waals surface area (Å²) in [7, 11) is 1.91. The van der Waals surface area contributed by atoms with Crippen LogP contribution in [0.2, 0.25) is 0 Å². The maximum Gasteiger partial charge on any atom is 0.193 e. The number of guanidine groups is 1. The fraction of sp³-hybridized carbons (Fsp3) is 0.950. The molecule has 0 aromatic carbocycles. The Morgan fingerprint density at radius 1 is 1.15 bits per heavy atom. The van der Waals surface area contributed by atoms with Gasteiger partial charge in [0, 0.05) is 64.9 Å². The lowest BCUT2D eigenvalue weighted by Crippen LogP contribution is -2.43. The van der Waals surface area contributed by atoms with E-state index in [0.717, 1.165) is 70.8 Å². The van der Waals surface area contributed by atoms with Crippen LogP contribution < -0.4 is 5.32 Å². The van der Waals surface area contributed by atoms with E-state index in [0.29, 0.717) is 12.1 Å². The Hall–Kier alpha value is -0.850. The summed E-state index contributed by atoms with van der Waals surface area (Å²) in [5.41, 5.74) is 0. The van der Waals surface area contributed by atoms with Gasteiger partial charge < -0.3 is 15.0 Å². The van der Waals surface area contributed by atoms with Crippen molar-refractivity contribution < 1.29 is 4.74 Å². The molecular formula is C20H41N5O. The zero-order chi connectivity index (χ0) is 18.9. The van der Waals surface area contributed by atoms with E-state index in [1.165, 1.54) is 13.0 Å². The second-order valence-corrected chi connectivity index (χ2v) is 8.27. The Balaban J connectivity index is 1.68. The van der Waals surface area contributed by atoms with Gasteiger partial charge in [-0.1, -0.05) is 0 Å². The van der Waals surface area contributed by atoms with Crippen LogP contribution in [-0.2, 0) is 4.74 Å². The lowest BCUT2D eigenvalue weighted by molar-refractivity contribution is 0.0315. The molecule has 0 aliphatic carbocycles. The molecule has 0 aromatic rings. The molecule has 2 fully saturated rings. The standard InChI is InChI=1S/C20H41N5O/c1-17(2)25(18(3)4)9-6-8-22-20(21-5)24-10-7-19(16-24)15-23-11-13-26-14-12-23/h17-19H,6-16H2,1-5H3,(H,21,22). The van der Waals surface area contributed by atoms with Crippen LogP contribution in [-0.4, -0.2) is 98.8 Å². The van der Waals surface area contributed by atoms with Gasteiger partial charge in [0.15, 0.2) is 5.96 Å². The van der Waals surface area contributed by atoms with Crippen LogP contribution in [0.4, 0.5) is 0 Å². The average Bonchev–Trinajstić information content (AvgIpc) is 3.06. The largest absolute Gasteiger partial charge is 0.379 e. The normalized spacial score (nSPS) is 22.8. The number of ether oxygens (including phenoxy) is 1. The summed E-state index contributed by atoms with van der Waals surface area (Å²) < 4.78 is 5.46. The van der Waals surface area contributed by atoms with Gasteiger partial charge in [-0.25, -0.2) is 0 Å². The first kappa shape index (κ1) is 21.5. The van der Waals surface area contributed by atoms with E-state index in [9.17, 15) is 0 Å². The number of likely N-dealkylation sites (tertiary alicyclic amines) is 1. The van der Waals surface area contributed by atoms with Crippen molar-refractivity contribution in [3.8, 4) is 0 Å². The monoisotopic (exact) mass is 367 g/mol. The summed E-state index contributed by atoms with van der Waals surface area (Å²) in [5.74, 6) is 1.83. The van der Waals surface area contributed by atoms with Gasteiger partial charge in [0.25, 0.3) is 0 Å². The van der Waals surface area contributed by atoms with Crippen molar-refractivity contribution >= 4 is 5.96 Å². The molecule has 2 saturated heterocycles. The smallest absolute Gasteiger partial charge is 0.193 e. The minimum absolute atomic E-state index is 0.605. The second-order valence-electron chi connectivity index (χ2n) is 8.27. The van der Waals surface area contributed by atoms with Crippen molar-refractivity contribution in [2.45, 2.75) is 52.6 Å². The molecule has 2 rings (SSSR count). The van der Waals surface area contributed by atoms with Crippen molar-refractivity contribution in [2.24, 2.45) is 10.9 Å². The molecular weight excluding hydrogens is 326 g/mol. The van der Waals surface area contributed by atoms with Crippen LogP contribution in [0.5, 0.6) is 0 Å². The molecule has 26 heavy (non-hydrogen) atoms. The first-order valence-electron chi connectivity index (χ1n) is 10.5. The lowest BCUT2D eigenvalue weighted by Gasteiger charge is -2.31. The zero-order valence-corrected chi connectivity index (χ0v) is 17.7. The molecule has 1 atom stereocenters. The molecule has 0 aromatic heterocycles. The predicted octanol–water partition coefficient (Wildman–Crippen LogP) is 1.72. The maximum atomic E-state index is 5.46. The minimum Gasteiger partial charge on any atom is -0.379 e. The maximum absolute atomic E-state index is 5.46. The number of nitrogens with one attached hydrogen (secondary N) is 1. The van der Waals surface area contributed by atoms with E-state index < -0.39 is 0 Å². The van der Waals surface area contributed by atoms with Crippen LogP contribution in [0.25, 0.3) is 0 Å². The predicted molar refractivity (Wildman–Crippen MR) is 110 cm³/mol. The van der Waals surface area contributed by atoms with E-state index >= 15 is 0 Å². The van der Waals surface area contributed by atoms with Crippen molar-refractivity contribution in [2.75, 3.05) is 66.1 Å². The molecule has 6 heteroatoms. The molecule has 2 aliphatic heterocycles. The third-order valence-corrected chi connectivity index (χ3v) is 5.62. The molecule has 1 unspecified atom stereocenters. The van der Waals surface area contributed by atoms with E-state index in [1.54, 1.807) is 0 Å². The summed E-state index contributed by atoms with van der Waals surface area (Å²) in [4.78, 5) is 12.1. The van der Waals surface area contributed by atoms with Gasteiger partial charge in [0.2, 0.25) is 0 Å². The van der Waals surface area contributed by atoms with Crippen LogP contribution in [0.15, 0.2) is 4.99 Å². The molecule has 0 spiro atoms. The van der Waals surface area contributed by atoms with E-state index in [2.05, 4.69) is 52.7 Å². The Labute approximate surface area is 160 Å². The SMILES string of the molecule is CN=C(NCCCN(C(C)C)C(C)C)N1CCC(CN2CCOCC2)C1. The van der Waals surface area contributed by atoms with E-state index in [4.69, 9.17) is 4.74 Å². The quantitative estimate of drug-likeness (QED) is 0.402. The summed E-state index contributed by atoms with van der Waals surface area (Å²) in [6, 6.07) is 1.21. The van der Waals surface area contributed by atoms with Gasteiger partial charge in [-0.15, -0.1) is 0 Å². The van der Waals surface area contributed by atoms with Crippen molar-refractivity contribution in [3.05, 3.63) is 0 Å². The van der Waals surface area contributed by atoms with Crippen LogP contribution >= 0.6 is 0 Å². The Kier molecular flexibility index (Phi) is 9.16. The van der Waals surface area contributed by atoms with Crippen molar-refractivity contribution in [1.29, 1.82) is 0 Å². The third-order valence-electron chi connectivity index (χ3n) is 5.62. The van der Waals surface area contributed by atoms with Gasteiger partial charge in [-0.2, -0.15) is 0 Å². The Morgan fingerprint density at radius 2 is 1.85 bits per heavy atom. The number of nitrogens with zero attached hydrogens (tertiary/aromatic N) is 4. The summed E-state index contributed by atoms with van der Waals surface area (Å²) in [5, 5.41) is 3.58. The molecule has 0 bridgehead atoms. The average molecular weight is 368 g/mol. The van der Waals surface area contributed by atoms with Gasteiger partial charge in [0.1, 0.15) is 0 Å². The number of rotatable bonds is 8. The van der Waals surface area contributed by atoms with E-state index in [-0.39, 0.29) is 0 Å². The number of hydrogen-bond donors (Lipinski definition) is 1. The Morgan fingerprint density at radius 3 is 2.46 bits per heavy atom. The topological polar surface area (TPSA) is 43.3 Å². The summed E-state index contributed by atoms with van der Waals surface area (Å²) >= 11 is 0. The van der Waals surface area contributed by atoms with Gasteiger partial charge in [-0.05, 0) is 46.5 Å². The van der Waals surface area contributed by atoms with Crippen LogP contribution in [0, 0.1) is 5.92 Å². The zero-order valence-electron chi connectivity index (χ0n) is 17.7. The lowest BCUT2D eigenvalue weighted by atomic mass is 10.1. The molecule has 0 radical (unpaired) electrons. The number of hydrogen-bond acceptors (Lipinski definition) is 4. The summed E-state index contributed by atoms with van der Waals surface area (Å²) in [6.45, 7) is 18.7. The van der Waals surface area contributed by atoms with Crippen LogP contribution in [0.3, 0.4) is 0 Å². The van der Waals surface area contributed by atoms with Gasteiger partial charge >= 0.3 is 0 Å². The highest BCUT2D eigenvalue weighted by Gasteiger charge is 2.27. The summed E-state index contributed by atoms with van der Waals surface area (Å²) in [6.07, 6.45) is 2.42. The third kappa shape index (κ3) is 6.71. The fourth-order valence-electron chi connectivity index (χ4n) is 4.23. The second kappa shape index (κ2) is 11.1. The van der Waals surface area contributed by atoms with E-state index in [1.807, 2.05) is 7.05 Å². The highest BCUT2D eigenvalue weighted by molar-refractivity contribution is 5.80. The van der Waals surface area contributed by atoms with Crippen molar-refractivity contribution in [1.82, 2.24) is 20.0 Å². The first-order chi connectivity index (χ1) is 12.5. The molecule has 152 valence electrons. The fourth-order valence-corrected chi connectivity index (χ4v) is 4.23. The van der Waals surface area contributed by atoms with Crippen LogP contribution in [0.1, 0.15) is 40.5 Å².